The Kier molecular flexibility index (Phi) is 15.0. The van der Waals surface area contributed by atoms with Crippen LogP contribution in [0.4, 0.5) is 4.79 Å². The summed E-state index contributed by atoms with van der Waals surface area (Å²) < 4.78 is 15.7. The predicted molar refractivity (Wildman–Crippen MR) is 159 cm³/mol. The van der Waals surface area contributed by atoms with Gasteiger partial charge in [0.25, 0.3) is 0 Å². The summed E-state index contributed by atoms with van der Waals surface area (Å²) in [5.74, 6) is -5.90. The van der Waals surface area contributed by atoms with E-state index < -0.39 is 77.5 Å². The molecule has 15 heteroatoms. The molecule has 250 valence electrons. The summed E-state index contributed by atoms with van der Waals surface area (Å²) in [5, 5.41) is 16.4. The first-order chi connectivity index (χ1) is 20.8. The van der Waals surface area contributed by atoms with Gasteiger partial charge in [-0.2, -0.15) is 0 Å². The Balaban J connectivity index is 3.20. The van der Waals surface area contributed by atoms with Crippen LogP contribution in [-0.4, -0.2) is 76.2 Å². The normalized spacial score (nSPS) is 13.3. The fourth-order valence-corrected chi connectivity index (χ4v) is 3.68. The summed E-state index contributed by atoms with van der Waals surface area (Å²) in [6.45, 7) is 9.59. The van der Waals surface area contributed by atoms with Crippen LogP contribution in [-0.2, 0) is 49.6 Å². The lowest BCUT2D eigenvalue weighted by molar-refractivity contribution is -0.157. The van der Waals surface area contributed by atoms with E-state index in [1.807, 2.05) is 0 Å². The maximum Gasteiger partial charge on any atom is 0.408 e. The van der Waals surface area contributed by atoms with Crippen LogP contribution in [0.3, 0.4) is 0 Å². The van der Waals surface area contributed by atoms with Gasteiger partial charge in [0.05, 0.1) is 6.42 Å². The van der Waals surface area contributed by atoms with Gasteiger partial charge in [0, 0.05) is 12.8 Å². The standard InChI is InChI=1S/C30H44N4O11/c1-29(2,3)44-23(36)15-13-19(34-28(42)43-17-18-10-8-7-9-11-18)25(38)33-21(16-24(37)45-30(4,5)6)26(39)32-20(27(40)41)12-14-22(31)35/h7-11,19-21H,12-17H2,1-6H3,(H2,31,35)(H,32,39)(H,33,38)(H,34,42)(H,40,41)/t19-,20-,21+/m0/s1. The number of amides is 4. The molecule has 1 rings (SSSR count). The van der Waals surface area contributed by atoms with Gasteiger partial charge in [0.15, 0.2) is 0 Å². The van der Waals surface area contributed by atoms with Crippen LogP contribution in [0.15, 0.2) is 30.3 Å². The molecule has 0 aliphatic rings. The number of rotatable bonds is 16. The highest BCUT2D eigenvalue weighted by Crippen LogP contribution is 2.13. The second-order valence-electron chi connectivity index (χ2n) is 12.1. The van der Waals surface area contributed by atoms with Crippen LogP contribution >= 0.6 is 0 Å². The maximum absolute atomic E-state index is 13.4. The summed E-state index contributed by atoms with van der Waals surface area (Å²) in [4.78, 5) is 87.1. The second kappa shape index (κ2) is 17.6. The molecule has 6 N–H and O–H groups in total. The largest absolute Gasteiger partial charge is 0.480 e. The molecule has 1 aromatic rings. The molecule has 45 heavy (non-hydrogen) atoms. The number of hydrogen-bond acceptors (Lipinski definition) is 10. The van der Waals surface area contributed by atoms with Crippen molar-refractivity contribution in [2.45, 2.75) is 110 Å². The van der Waals surface area contributed by atoms with Crippen molar-refractivity contribution in [3.63, 3.8) is 0 Å². The molecule has 0 fully saturated rings. The molecule has 0 aromatic heterocycles. The number of esters is 2. The van der Waals surface area contributed by atoms with Crippen LogP contribution in [0.5, 0.6) is 0 Å². The van der Waals surface area contributed by atoms with E-state index in [1.165, 1.54) is 0 Å². The monoisotopic (exact) mass is 636 g/mol. The third-order valence-electron chi connectivity index (χ3n) is 5.60. The van der Waals surface area contributed by atoms with Gasteiger partial charge in [-0.05, 0) is 59.9 Å². The summed E-state index contributed by atoms with van der Waals surface area (Å²) in [6, 6.07) is 4.01. The summed E-state index contributed by atoms with van der Waals surface area (Å²) in [5.41, 5.74) is 3.99. The third-order valence-corrected chi connectivity index (χ3v) is 5.60. The van der Waals surface area contributed by atoms with Crippen molar-refractivity contribution in [3.05, 3.63) is 35.9 Å². The van der Waals surface area contributed by atoms with E-state index in [2.05, 4.69) is 16.0 Å². The average molecular weight is 637 g/mol. The van der Waals surface area contributed by atoms with E-state index in [0.29, 0.717) is 5.56 Å². The Hall–Kier alpha value is -4.69. The minimum atomic E-state index is -1.67. The van der Waals surface area contributed by atoms with Crippen LogP contribution in [0.1, 0.15) is 79.2 Å². The number of aliphatic carboxylic acids is 1. The van der Waals surface area contributed by atoms with Crippen molar-refractivity contribution < 1.29 is 52.9 Å². The Morgan fingerprint density at radius 3 is 1.78 bits per heavy atom. The highest BCUT2D eigenvalue weighted by atomic mass is 16.6. The summed E-state index contributed by atoms with van der Waals surface area (Å²) in [6.07, 6.45) is -3.02. The third kappa shape index (κ3) is 17.3. The molecule has 15 nitrogen and oxygen atoms in total. The Labute approximate surface area is 261 Å². The molecular weight excluding hydrogens is 592 g/mol. The van der Waals surface area contributed by atoms with E-state index in [1.54, 1.807) is 71.9 Å². The minimum Gasteiger partial charge on any atom is -0.480 e. The fraction of sp³-hybridized carbons (Fsp3) is 0.567. The van der Waals surface area contributed by atoms with Crippen molar-refractivity contribution in [2.75, 3.05) is 0 Å². The number of hydrogen-bond donors (Lipinski definition) is 5. The number of primary amides is 1. The molecule has 0 radical (unpaired) electrons. The van der Waals surface area contributed by atoms with Crippen molar-refractivity contribution in [2.24, 2.45) is 5.73 Å². The van der Waals surface area contributed by atoms with E-state index in [-0.39, 0.29) is 32.3 Å². The molecule has 0 unspecified atom stereocenters. The number of alkyl carbamates (subject to hydrolysis) is 1. The van der Waals surface area contributed by atoms with Gasteiger partial charge in [-0.15, -0.1) is 0 Å². The smallest absolute Gasteiger partial charge is 0.408 e. The zero-order chi connectivity index (χ0) is 34.4. The highest BCUT2D eigenvalue weighted by molar-refractivity contribution is 5.95. The quantitative estimate of drug-likeness (QED) is 0.129. The zero-order valence-corrected chi connectivity index (χ0v) is 26.5. The van der Waals surface area contributed by atoms with Crippen molar-refractivity contribution in [1.29, 1.82) is 0 Å². The molecule has 1 aromatic carbocycles. The lowest BCUT2D eigenvalue weighted by atomic mass is 10.1. The van der Waals surface area contributed by atoms with Gasteiger partial charge in [0.2, 0.25) is 17.7 Å². The number of nitrogens with two attached hydrogens (primary N) is 1. The minimum absolute atomic E-state index is 0.126. The van der Waals surface area contributed by atoms with Gasteiger partial charge < -0.3 is 41.0 Å². The number of nitrogens with one attached hydrogen (secondary N) is 3. The van der Waals surface area contributed by atoms with Gasteiger partial charge in [0.1, 0.15) is 35.9 Å². The number of benzene rings is 1. The van der Waals surface area contributed by atoms with Crippen molar-refractivity contribution in [3.8, 4) is 0 Å². The average Bonchev–Trinajstić information content (AvgIpc) is 2.89. The lowest BCUT2D eigenvalue weighted by Crippen LogP contribution is -2.56. The lowest BCUT2D eigenvalue weighted by Gasteiger charge is -2.26. The van der Waals surface area contributed by atoms with Gasteiger partial charge in [-0.1, -0.05) is 30.3 Å². The first-order valence-electron chi connectivity index (χ1n) is 14.3. The summed E-state index contributed by atoms with van der Waals surface area (Å²) in [7, 11) is 0. The van der Waals surface area contributed by atoms with Crippen LogP contribution < -0.4 is 21.7 Å². The Morgan fingerprint density at radius 2 is 1.24 bits per heavy atom. The molecule has 3 atom stereocenters. The molecular formula is C30H44N4O11. The molecule has 0 heterocycles. The predicted octanol–water partition coefficient (Wildman–Crippen LogP) is 1.45. The molecule has 0 spiro atoms. The molecule has 0 bridgehead atoms. The van der Waals surface area contributed by atoms with Crippen LogP contribution in [0.2, 0.25) is 0 Å². The van der Waals surface area contributed by atoms with E-state index >= 15 is 0 Å². The number of ether oxygens (including phenoxy) is 3. The molecule has 4 amide bonds. The number of carbonyl (C=O) groups is 7. The SMILES string of the molecule is CC(C)(C)OC(=O)CC[C@H](NC(=O)OCc1ccccc1)C(=O)N[C@H](CC(=O)OC(C)(C)C)C(=O)N[C@@H](CCC(N)=O)C(=O)O. The number of carboxylic acids is 1. The molecule has 0 aliphatic carbocycles. The molecule has 0 saturated carbocycles. The van der Waals surface area contributed by atoms with Crippen LogP contribution in [0.25, 0.3) is 0 Å². The molecule has 0 aliphatic heterocycles. The number of carbonyl (C=O) groups excluding carboxylic acids is 6. The van der Waals surface area contributed by atoms with Crippen molar-refractivity contribution in [1.82, 2.24) is 16.0 Å². The second-order valence-corrected chi connectivity index (χ2v) is 12.1. The van der Waals surface area contributed by atoms with E-state index in [4.69, 9.17) is 19.9 Å². The summed E-state index contributed by atoms with van der Waals surface area (Å²) >= 11 is 0. The Morgan fingerprint density at radius 1 is 0.733 bits per heavy atom. The number of carboxylic acid groups (broad SMARTS) is 1. The molecule has 0 saturated heterocycles. The highest BCUT2D eigenvalue weighted by Gasteiger charge is 2.33. The fourth-order valence-electron chi connectivity index (χ4n) is 3.68. The van der Waals surface area contributed by atoms with Crippen LogP contribution in [0, 0.1) is 0 Å². The Bertz CT molecular complexity index is 1210. The topological polar surface area (TPSA) is 230 Å². The first-order valence-corrected chi connectivity index (χ1v) is 14.3. The maximum atomic E-state index is 13.4. The van der Waals surface area contributed by atoms with Gasteiger partial charge in [-0.25, -0.2) is 9.59 Å². The van der Waals surface area contributed by atoms with E-state index in [9.17, 15) is 38.7 Å². The van der Waals surface area contributed by atoms with Crippen molar-refractivity contribution >= 4 is 41.7 Å². The van der Waals surface area contributed by atoms with Gasteiger partial charge in [-0.3, -0.25) is 24.0 Å². The van der Waals surface area contributed by atoms with E-state index in [0.717, 1.165) is 0 Å². The van der Waals surface area contributed by atoms with Gasteiger partial charge >= 0.3 is 24.0 Å². The first kappa shape index (κ1) is 38.3. The zero-order valence-electron chi connectivity index (χ0n) is 26.5.